The second-order valence-corrected chi connectivity index (χ2v) is 8.02. The van der Waals surface area contributed by atoms with Crippen molar-refractivity contribution in [2.75, 3.05) is 13.2 Å². The first-order valence-corrected chi connectivity index (χ1v) is 10.2. The van der Waals surface area contributed by atoms with Crippen LogP contribution in [-0.4, -0.2) is 39.5 Å². The average Bonchev–Trinajstić information content (AvgIpc) is 3.09. The second kappa shape index (κ2) is 9.75. The molecular weight excluding hydrogens is 382 g/mol. The third-order valence-electron chi connectivity index (χ3n) is 4.12. The van der Waals surface area contributed by atoms with Gasteiger partial charge in [-0.1, -0.05) is 12.8 Å². The highest BCUT2D eigenvalue weighted by molar-refractivity contribution is 7.89. The van der Waals surface area contributed by atoms with E-state index in [1.165, 1.54) is 0 Å². The van der Waals surface area contributed by atoms with Gasteiger partial charge in [0.05, 0.1) is 0 Å². The van der Waals surface area contributed by atoms with Crippen molar-refractivity contribution in [2.45, 2.75) is 49.5 Å². The lowest BCUT2D eigenvalue weighted by Gasteiger charge is -2.12. The van der Waals surface area contributed by atoms with Crippen LogP contribution in [0.25, 0.3) is 0 Å². The summed E-state index contributed by atoms with van der Waals surface area (Å²) in [6.07, 6.45) is 3.99. The number of ether oxygens (including phenoxy) is 1. The standard InChI is InChI=1S/C17H22F2N2O5S/c18-12-7-8-15(14(19)10-12)27(24,25)20-9-3-6-17(23)26-11-16(22)21-13-4-1-2-5-13/h7-8,10,13,20H,1-6,9,11H2,(H,21,22). The Morgan fingerprint density at radius 2 is 1.89 bits per heavy atom. The van der Waals surface area contributed by atoms with E-state index >= 15 is 0 Å². The second-order valence-electron chi connectivity index (χ2n) is 6.29. The maximum absolute atomic E-state index is 13.5. The molecule has 27 heavy (non-hydrogen) atoms. The van der Waals surface area contributed by atoms with Crippen LogP contribution < -0.4 is 10.0 Å². The van der Waals surface area contributed by atoms with E-state index < -0.39 is 32.5 Å². The average molecular weight is 404 g/mol. The van der Waals surface area contributed by atoms with Crippen molar-refractivity contribution in [3.63, 3.8) is 0 Å². The Morgan fingerprint density at radius 1 is 1.19 bits per heavy atom. The van der Waals surface area contributed by atoms with Crippen LogP contribution in [0.1, 0.15) is 38.5 Å². The number of nitrogens with one attached hydrogen (secondary N) is 2. The maximum Gasteiger partial charge on any atom is 0.306 e. The Balaban J connectivity index is 1.66. The fourth-order valence-electron chi connectivity index (χ4n) is 2.77. The van der Waals surface area contributed by atoms with Gasteiger partial charge in [0.15, 0.2) is 6.61 Å². The summed E-state index contributed by atoms with van der Waals surface area (Å²) >= 11 is 0. The van der Waals surface area contributed by atoms with Crippen LogP contribution >= 0.6 is 0 Å². The zero-order chi connectivity index (χ0) is 19.9. The molecule has 150 valence electrons. The first kappa shape index (κ1) is 21.2. The van der Waals surface area contributed by atoms with Crippen LogP contribution in [0.15, 0.2) is 23.1 Å². The smallest absolute Gasteiger partial charge is 0.306 e. The van der Waals surface area contributed by atoms with Crippen molar-refractivity contribution in [1.29, 1.82) is 0 Å². The molecule has 1 fully saturated rings. The Bertz CT molecular complexity index is 780. The van der Waals surface area contributed by atoms with Gasteiger partial charge in [-0.2, -0.15) is 0 Å². The highest BCUT2D eigenvalue weighted by atomic mass is 32.2. The van der Waals surface area contributed by atoms with Gasteiger partial charge >= 0.3 is 5.97 Å². The molecule has 0 spiro atoms. The van der Waals surface area contributed by atoms with E-state index in [1.807, 2.05) is 0 Å². The molecule has 1 amide bonds. The molecule has 0 radical (unpaired) electrons. The maximum atomic E-state index is 13.5. The predicted molar refractivity (Wildman–Crippen MR) is 92.1 cm³/mol. The topological polar surface area (TPSA) is 102 Å². The molecule has 2 N–H and O–H groups in total. The van der Waals surface area contributed by atoms with Crippen LogP contribution in [0.4, 0.5) is 8.78 Å². The summed E-state index contributed by atoms with van der Waals surface area (Å²) in [6, 6.07) is 2.27. The first-order valence-electron chi connectivity index (χ1n) is 8.67. The van der Waals surface area contributed by atoms with E-state index in [2.05, 4.69) is 10.0 Å². The highest BCUT2D eigenvalue weighted by Gasteiger charge is 2.20. The Kier molecular flexibility index (Phi) is 7.66. The molecule has 0 bridgehead atoms. The van der Waals surface area contributed by atoms with Crippen LogP contribution in [0, 0.1) is 11.6 Å². The van der Waals surface area contributed by atoms with Crippen LogP contribution in [0.2, 0.25) is 0 Å². The number of carbonyl (C=O) groups is 2. The third kappa shape index (κ3) is 6.87. The van der Waals surface area contributed by atoms with Crippen LogP contribution in [0.5, 0.6) is 0 Å². The molecule has 0 aromatic heterocycles. The van der Waals surface area contributed by atoms with Gasteiger partial charge in [-0.3, -0.25) is 9.59 Å². The SMILES string of the molecule is O=C(COC(=O)CCCNS(=O)(=O)c1ccc(F)cc1F)NC1CCCC1. The molecule has 1 saturated carbocycles. The summed E-state index contributed by atoms with van der Waals surface area (Å²) < 4.78 is 57.2. The quantitative estimate of drug-likeness (QED) is 0.481. The van der Waals surface area contributed by atoms with E-state index in [-0.39, 0.29) is 37.9 Å². The largest absolute Gasteiger partial charge is 0.456 e. The van der Waals surface area contributed by atoms with Gasteiger partial charge in [0.2, 0.25) is 10.0 Å². The van der Waals surface area contributed by atoms with Gasteiger partial charge in [-0.05, 0) is 31.4 Å². The van der Waals surface area contributed by atoms with E-state index in [0.717, 1.165) is 37.8 Å². The minimum absolute atomic E-state index is 0.102. The molecular formula is C17H22F2N2O5S. The molecule has 1 aliphatic carbocycles. The van der Waals surface area contributed by atoms with Gasteiger partial charge < -0.3 is 10.1 Å². The van der Waals surface area contributed by atoms with Crippen molar-refractivity contribution in [3.8, 4) is 0 Å². The Morgan fingerprint density at radius 3 is 2.56 bits per heavy atom. The number of hydrogen-bond donors (Lipinski definition) is 2. The van der Waals surface area contributed by atoms with Gasteiger partial charge in [0, 0.05) is 25.1 Å². The summed E-state index contributed by atoms with van der Waals surface area (Å²) in [7, 11) is -4.15. The lowest BCUT2D eigenvalue weighted by molar-refractivity contribution is -0.148. The van der Waals surface area contributed by atoms with Gasteiger partial charge in [0.1, 0.15) is 16.5 Å². The van der Waals surface area contributed by atoms with Gasteiger partial charge in [-0.25, -0.2) is 21.9 Å². The monoisotopic (exact) mass is 404 g/mol. The summed E-state index contributed by atoms with van der Waals surface area (Å²) in [5.41, 5.74) is 0. The zero-order valence-corrected chi connectivity index (χ0v) is 15.5. The van der Waals surface area contributed by atoms with Gasteiger partial charge in [0.25, 0.3) is 5.91 Å². The summed E-state index contributed by atoms with van der Waals surface area (Å²) in [4.78, 5) is 22.6. The first-order chi connectivity index (χ1) is 12.8. The number of sulfonamides is 1. The molecule has 1 aliphatic rings. The molecule has 2 rings (SSSR count). The molecule has 1 aromatic rings. The molecule has 1 aromatic carbocycles. The van der Waals surface area contributed by atoms with E-state index in [9.17, 15) is 26.8 Å². The summed E-state index contributed by atoms with van der Waals surface area (Å²) in [5, 5.41) is 2.78. The molecule has 0 unspecified atom stereocenters. The summed E-state index contributed by atoms with van der Waals surface area (Å²) in [6.45, 7) is -0.510. The molecule has 0 atom stereocenters. The van der Waals surface area contributed by atoms with Crippen molar-refractivity contribution in [3.05, 3.63) is 29.8 Å². The third-order valence-corrected chi connectivity index (χ3v) is 5.61. The Hall–Kier alpha value is -2.07. The number of hydrogen-bond acceptors (Lipinski definition) is 5. The fraction of sp³-hybridized carbons (Fsp3) is 0.529. The number of benzene rings is 1. The summed E-state index contributed by atoms with van der Waals surface area (Å²) in [5.74, 6) is -3.08. The van der Waals surface area contributed by atoms with E-state index in [0.29, 0.717) is 6.07 Å². The van der Waals surface area contributed by atoms with Crippen molar-refractivity contribution in [2.24, 2.45) is 0 Å². The van der Waals surface area contributed by atoms with E-state index in [4.69, 9.17) is 4.74 Å². The zero-order valence-electron chi connectivity index (χ0n) is 14.7. The lowest BCUT2D eigenvalue weighted by Crippen LogP contribution is -2.36. The minimum atomic E-state index is -4.15. The van der Waals surface area contributed by atoms with E-state index in [1.54, 1.807) is 0 Å². The molecule has 0 saturated heterocycles. The molecule has 0 heterocycles. The molecule has 7 nitrogen and oxygen atoms in total. The number of carbonyl (C=O) groups excluding carboxylic acids is 2. The Labute approximate surface area is 156 Å². The predicted octanol–water partition coefficient (Wildman–Crippen LogP) is 1.63. The number of halogens is 2. The number of amides is 1. The van der Waals surface area contributed by atoms with Crippen molar-refractivity contribution in [1.82, 2.24) is 10.0 Å². The van der Waals surface area contributed by atoms with Crippen molar-refractivity contribution < 1.29 is 31.5 Å². The van der Waals surface area contributed by atoms with Gasteiger partial charge in [-0.15, -0.1) is 0 Å². The number of rotatable bonds is 9. The fourth-order valence-corrected chi connectivity index (χ4v) is 3.90. The number of esters is 1. The van der Waals surface area contributed by atoms with Crippen molar-refractivity contribution >= 4 is 21.9 Å². The molecule has 10 heteroatoms. The van der Waals surface area contributed by atoms with Crippen LogP contribution in [-0.2, 0) is 24.3 Å². The lowest BCUT2D eigenvalue weighted by atomic mass is 10.2. The normalized spacial score (nSPS) is 14.9. The highest BCUT2D eigenvalue weighted by Crippen LogP contribution is 2.17. The van der Waals surface area contributed by atoms with Crippen LogP contribution in [0.3, 0.4) is 0 Å². The molecule has 0 aliphatic heterocycles. The minimum Gasteiger partial charge on any atom is -0.456 e.